The minimum atomic E-state index is -4.05. The number of rotatable bonds is 3. The molecule has 1 aliphatic carbocycles. The molecule has 8 heteroatoms. The van der Waals surface area contributed by atoms with Gasteiger partial charge in [-0.3, -0.25) is 4.79 Å². The van der Waals surface area contributed by atoms with Gasteiger partial charge < -0.3 is 5.32 Å². The zero-order valence-electron chi connectivity index (χ0n) is 14.4. The Kier molecular flexibility index (Phi) is 4.11. The van der Waals surface area contributed by atoms with Crippen molar-refractivity contribution in [3.63, 3.8) is 0 Å². The summed E-state index contributed by atoms with van der Waals surface area (Å²) in [6, 6.07) is 6.60. The zero-order chi connectivity index (χ0) is 18.6. The number of fused-ring (bicyclic) bond motifs is 1. The summed E-state index contributed by atoms with van der Waals surface area (Å²) >= 11 is 0. The van der Waals surface area contributed by atoms with Crippen molar-refractivity contribution in [2.75, 3.05) is 19.6 Å². The van der Waals surface area contributed by atoms with Gasteiger partial charge in [-0.05, 0) is 36.5 Å². The number of benzene rings is 1. The smallest absolute Gasteiger partial charge is 0.262 e. The molecule has 2 heterocycles. The predicted octanol–water partition coefficient (Wildman–Crippen LogP) is 2.29. The molecule has 4 rings (SSSR count). The number of halogens is 2. The minimum absolute atomic E-state index is 0.00430. The molecule has 0 bridgehead atoms. The van der Waals surface area contributed by atoms with E-state index in [9.17, 15) is 22.0 Å². The second kappa shape index (κ2) is 5.99. The Bertz CT molecular complexity index is 823. The van der Waals surface area contributed by atoms with E-state index in [1.54, 1.807) is 12.1 Å². The SMILES string of the molecule is O=C1NC[C@@]2(F)CN(S(=O)(=O)c3ccc(C4CCCCC4)cc3)C[C@@]12F. The molecule has 3 aliphatic rings. The van der Waals surface area contributed by atoms with E-state index in [0.717, 1.165) is 22.7 Å². The highest BCUT2D eigenvalue weighted by Gasteiger charge is 2.70. The number of nitrogens with zero attached hydrogens (tertiary/aromatic N) is 1. The third-order valence-corrected chi connectivity index (χ3v) is 7.82. The summed E-state index contributed by atoms with van der Waals surface area (Å²) in [5.41, 5.74) is -4.23. The number of sulfonamides is 1. The van der Waals surface area contributed by atoms with Crippen LogP contribution in [0.3, 0.4) is 0 Å². The molecular formula is C18H22F2N2O3S. The quantitative estimate of drug-likeness (QED) is 0.870. The molecular weight excluding hydrogens is 362 g/mol. The summed E-state index contributed by atoms with van der Waals surface area (Å²) in [6.07, 6.45) is 5.79. The van der Waals surface area contributed by atoms with Crippen LogP contribution in [0.15, 0.2) is 29.2 Å². The lowest BCUT2D eigenvalue weighted by atomic mass is 9.84. The summed E-state index contributed by atoms with van der Waals surface area (Å²) in [4.78, 5) is 11.7. The van der Waals surface area contributed by atoms with Crippen LogP contribution in [-0.4, -0.2) is 49.6 Å². The van der Waals surface area contributed by atoms with Crippen LogP contribution in [0.2, 0.25) is 0 Å². The van der Waals surface area contributed by atoms with E-state index in [4.69, 9.17) is 0 Å². The van der Waals surface area contributed by atoms with Crippen molar-refractivity contribution in [1.82, 2.24) is 9.62 Å². The first kappa shape index (κ1) is 17.9. The van der Waals surface area contributed by atoms with Crippen molar-refractivity contribution in [2.45, 2.75) is 54.3 Å². The molecule has 1 aromatic rings. The Morgan fingerprint density at radius 3 is 2.31 bits per heavy atom. The molecule has 5 nitrogen and oxygen atoms in total. The Balaban J connectivity index is 1.57. The number of hydrogen-bond acceptors (Lipinski definition) is 3. The molecule has 1 N–H and O–H groups in total. The van der Waals surface area contributed by atoms with Crippen LogP contribution in [0.25, 0.3) is 0 Å². The van der Waals surface area contributed by atoms with Crippen LogP contribution >= 0.6 is 0 Å². The summed E-state index contributed by atoms with van der Waals surface area (Å²) in [5.74, 6) is -0.635. The van der Waals surface area contributed by atoms with Gasteiger partial charge in [0.15, 0.2) is 5.67 Å². The van der Waals surface area contributed by atoms with Gasteiger partial charge >= 0.3 is 0 Å². The molecule has 142 valence electrons. The van der Waals surface area contributed by atoms with Gasteiger partial charge in [0.2, 0.25) is 15.7 Å². The topological polar surface area (TPSA) is 66.5 Å². The molecule has 2 saturated heterocycles. The van der Waals surface area contributed by atoms with Crippen LogP contribution < -0.4 is 5.32 Å². The van der Waals surface area contributed by atoms with Crippen LogP contribution in [-0.2, 0) is 14.8 Å². The number of hydrogen-bond donors (Lipinski definition) is 1. The number of alkyl halides is 2. The lowest BCUT2D eigenvalue weighted by Crippen LogP contribution is -2.47. The maximum atomic E-state index is 14.8. The van der Waals surface area contributed by atoms with Gasteiger partial charge in [-0.2, -0.15) is 4.31 Å². The fraction of sp³-hybridized carbons (Fsp3) is 0.611. The van der Waals surface area contributed by atoms with Crippen molar-refractivity contribution in [3.8, 4) is 0 Å². The van der Waals surface area contributed by atoms with Gasteiger partial charge in [0.05, 0.1) is 24.5 Å². The molecule has 2 atom stereocenters. The van der Waals surface area contributed by atoms with Gasteiger partial charge in [-0.25, -0.2) is 17.2 Å². The van der Waals surface area contributed by atoms with Crippen molar-refractivity contribution in [2.24, 2.45) is 0 Å². The largest absolute Gasteiger partial charge is 0.350 e. The number of carbonyl (C=O) groups excluding carboxylic acids is 1. The van der Waals surface area contributed by atoms with E-state index >= 15 is 0 Å². The molecule has 3 fully saturated rings. The van der Waals surface area contributed by atoms with E-state index in [2.05, 4.69) is 5.32 Å². The molecule has 0 unspecified atom stereocenters. The molecule has 1 saturated carbocycles. The molecule has 1 amide bonds. The standard InChI is InChI=1S/C18H22F2N2O3S/c19-17-10-21-16(23)18(17,20)12-22(11-17)26(24,25)15-8-6-14(7-9-15)13-4-2-1-3-5-13/h6-9,13H,1-5,10-12H2,(H,21,23)/t17-,18-/m1/s1. The summed E-state index contributed by atoms with van der Waals surface area (Å²) < 4.78 is 55.9. The fourth-order valence-electron chi connectivity index (χ4n) is 4.34. The summed E-state index contributed by atoms with van der Waals surface area (Å²) in [6.45, 7) is -1.95. The second-order valence-corrected chi connectivity index (χ2v) is 9.56. The van der Waals surface area contributed by atoms with Crippen molar-refractivity contribution < 1.29 is 22.0 Å². The van der Waals surface area contributed by atoms with Crippen LogP contribution in [0.1, 0.15) is 43.6 Å². The lowest BCUT2D eigenvalue weighted by molar-refractivity contribution is -0.131. The number of carbonyl (C=O) groups is 1. The van der Waals surface area contributed by atoms with Crippen molar-refractivity contribution in [3.05, 3.63) is 29.8 Å². The summed E-state index contributed by atoms with van der Waals surface area (Å²) in [7, 11) is -4.05. The molecule has 2 aliphatic heterocycles. The van der Waals surface area contributed by atoms with Crippen molar-refractivity contribution in [1.29, 1.82) is 0 Å². The molecule has 0 spiro atoms. The highest BCUT2D eigenvalue weighted by molar-refractivity contribution is 7.89. The Morgan fingerprint density at radius 1 is 1.04 bits per heavy atom. The van der Waals surface area contributed by atoms with Gasteiger partial charge in [-0.1, -0.05) is 31.4 Å². The normalized spacial score (nSPS) is 33.2. The summed E-state index contributed by atoms with van der Waals surface area (Å²) in [5, 5.41) is 2.15. The molecule has 0 radical (unpaired) electrons. The first-order valence-corrected chi connectivity index (χ1v) is 10.5. The van der Waals surface area contributed by atoms with Gasteiger partial charge in [0, 0.05) is 0 Å². The third kappa shape index (κ3) is 2.57. The Morgan fingerprint density at radius 2 is 1.69 bits per heavy atom. The van der Waals surface area contributed by atoms with E-state index in [0.29, 0.717) is 5.92 Å². The average Bonchev–Trinajstić information content (AvgIpc) is 3.04. The Labute approximate surface area is 151 Å². The fourth-order valence-corrected chi connectivity index (χ4v) is 5.84. The monoisotopic (exact) mass is 384 g/mol. The van der Waals surface area contributed by atoms with Crippen LogP contribution in [0.5, 0.6) is 0 Å². The predicted molar refractivity (Wildman–Crippen MR) is 91.7 cm³/mol. The first-order chi connectivity index (χ1) is 12.3. The minimum Gasteiger partial charge on any atom is -0.350 e. The highest BCUT2D eigenvalue weighted by atomic mass is 32.2. The number of nitrogens with one attached hydrogen (secondary N) is 1. The number of amides is 1. The van der Waals surface area contributed by atoms with E-state index < -0.39 is 46.9 Å². The lowest BCUT2D eigenvalue weighted by Gasteiger charge is -2.22. The van der Waals surface area contributed by atoms with Gasteiger partial charge in [0.25, 0.3) is 5.91 Å². The van der Waals surface area contributed by atoms with E-state index in [1.165, 1.54) is 31.4 Å². The average molecular weight is 384 g/mol. The van der Waals surface area contributed by atoms with E-state index in [1.807, 2.05) is 0 Å². The van der Waals surface area contributed by atoms with Crippen LogP contribution in [0, 0.1) is 0 Å². The van der Waals surface area contributed by atoms with Gasteiger partial charge in [0.1, 0.15) is 0 Å². The maximum Gasteiger partial charge on any atom is 0.262 e. The molecule has 0 aromatic heterocycles. The Hall–Kier alpha value is -1.54. The van der Waals surface area contributed by atoms with Gasteiger partial charge in [-0.15, -0.1) is 0 Å². The zero-order valence-corrected chi connectivity index (χ0v) is 15.2. The first-order valence-electron chi connectivity index (χ1n) is 9.03. The van der Waals surface area contributed by atoms with E-state index in [-0.39, 0.29) is 4.90 Å². The maximum absolute atomic E-state index is 14.8. The second-order valence-electron chi connectivity index (χ2n) is 7.63. The van der Waals surface area contributed by atoms with Crippen molar-refractivity contribution >= 4 is 15.9 Å². The molecule has 1 aromatic carbocycles. The highest BCUT2D eigenvalue weighted by Crippen LogP contribution is 2.44. The third-order valence-electron chi connectivity index (χ3n) is 6.01. The molecule has 26 heavy (non-hydrogen) atoms. The van der Waals surface area contributed by atoms with Crippen LogP contribution in [0.4, 0.5) is 8.78 Å².